The van der Waals surface area contributed by atoms with Gasteiger partial charge in [0.1, 0.15) is 0 Å². The molecular formula is C19H23N5O2S. The Morgan fingerprint density at radius 3 is 2.70 bits per heavy atom. The maximum Gasteiger partial charge on any atom is 0.233 e. The number of nitrogens with one attached hydrogen (secondary N) is 1. The van der Waals surface area contributed by atoms with Gasteiger partial charge >= 0.3 is 0 Å². The number of carbonyl (C=O) groups excluding carboxylic acids is 1. The van der Waals surface area contributed by atoms with Crippen molar-refractivity contribution >= 4 is 17.7 Å². The van der Waals surface area contributed by atoms with Gasteiger partial charge in [-0.25, -0.2) is 4.68 Å². The van der Waals surface area contributed by atoms with E-state index < -0.39 is 0 Å². The lowest BCUT2D eigenvalue weighted by Gasteiger charge is -2.17. The molecule has 3 rings (SSSR count). The van der Waals surface area contributed by atoms with Crippen molar-refractivity contribution in [2.75, 3.05) is 5.84 Å². The van der Waals surface area contributed by atoms with Gasteiger partial charge in [0, 0.05) is 6.04 Å². The Morgan fingerprint density at radius 2 is 2.00 bits per heavy atom. The highest BCUT2D eigenvalue weighted by atomic mass is 32.2. The normalized spacial score (nSPS) is 13.3. The van der Waals surface area contributed by atoms with E-state index in [9.17, 15) is 4.79 Å². The number of aromatic nitrogens is 3. The number of nitrogen functional groups attached to an aromatic ring is 1. The van der Waals surface area contributed by atoms with E-state index in [-0.39, 0.29) is 17.2 Å². The summed E-state index contributed by atoms with van der Waals surface area (Å²) < 4.78 is 6.63. The third kappa shape index (κ3) is 4.91. The molecule has 0 aliphatic carbocycles. The van der Waals surface area contributed by atoms with Crippen molar-refractivity contribution < 1.29 is 9.21 Å². The minimum Gasteiger partial charge on any atom is -0.461 e. The Hall–Kier alpha value is -2.74. The zero-order valence-corrected chi connectivity index (χ0v) is 16.1. The van der Waals surface area contributed by atoms with Crippen LogP contribution in [0, 0.1) is 0 Å². The fourth-order valence-corrected chi connectivity index (χ4v) is 3.38. The summed E-state index contributed by atoms with van der Waals surface area (Å²) >= 11 is 1.26. The van der Waals surface area contributed by atoms with Crippen LogP contribution in [0.2, 0.25) is 0 Å². The molecule has 142 valence electrons. The predicted octanol–water partition coefficient (Wildman–Crippen LogP) is 2.87. The van der Waals surface area contributed by atoms with Crippen LogP contribution in [0.15, 0.2) is 58.3 Å². The van der Waals surface area contributed by atoms with E-state index in [1.807, 2.05) is 32.0 Å². The summed E-state index contributed by atoms with van der Waals surface area (Å²) in [7, 11) is 0. The summed E-state index contributed by atoms with van der Waals surface area (Å²) in [4.78, 5) is 12.5. The van der Waals surface area contributed by atoms with Gasteiger partial charge < -0.3 is 15.6 Å². The summed E-state index contributed by atoms with van der Waals surface area (Å²) in [5.41, 5.74) is 1.27. The molecule has 0 spiro atoms. The summed E-state index contributed by atoms with van der Waals surface area (Å²) in [6, 6.07) is 13.8. The number of rotatable bonds is 8. The Bertz CT molecular complexity index is 864. The standard InChI is InChI=1S/C19H23N5O2S/c1-13(10-11-15-7-4-3-5-8-15)21-18(25)14(2)27-19-23-22-17(24(19)20)16-9-6-12-26-16/h3-9,12-14H,10-11,20H2,1-2H3,(H,21,25)/t13-,14-/m1/s1. The van der Waals surface area contributed by atoms with Crippen LogP contribution < -0.4 is 11.2 Å². The fraction of sp³-hybridized carbons (Fsp3) is 0.316. The third-order valence-electron chi connectivity index (χ3n) is 4.16. The smallest absolute Gasteiger partial charge is 0.233 e. The van der Waals surface area contributed by atoms with Crippen LogP contribution in [0.5, 0.6) is 0 Å². The number of benzene rings is 1. The lowest BCUT2D eigenvalue weighted by Crippen LogP contribution is -2.38. The molecule has 8 heteroatoms. The van der Waals surface area contributed by atoms with Crippen LogP contribution in [-0.2, 0) is 11.2 Å². The first-order chi connectivity index (χ1) is 13.0. The minimum absolute atomic E-state index is 0.0527. The number of amides is 1. The maximum absolute atomic E-state index is 12.5. The molecule has 3 aromatic rings. The molecule has 7 nitrogen and oxygen atoms in total. The Balaban J connectivity index is 1.52. The summed E-state index contributed by atoms with van der Waals surface area (Å²) in [5.74, 6) is 6.94. The highest BCUT2D eigenvalue weighted by Crippen LogP contribution is 2.25. The third-order valence-corrected chi connectivity index (χ3v) is 5.21. The number of nitrogens with zero attached hydrogens (tertiary/aromatic N) is 3. The molecule has 1 amide bonds. The van der Waals surface area contributed by atoms with Crippen LogP contribution in [0.25, 0.3) is 11.6 Å². The van der Waals surface area contributed by atoms with E-state index in [1.165, 1.54) is 22.0 Å². The first-order valence-electron chi connectivity index (χ1n) is 8.80. The number of aryl methyl sites for hydroxylation is 1. The molecule has 0 unspecified atom stereocenters. The Kier molecular flexibility index (Phi) is 6.18. The molecule has 1 aromatic carbocycles. The monoisotopic (exact) mass is 385 g/mol. The van der Waals surface area contributed by atoms with Crippen LogP contribution in [0.3, 0.4) is 0 Å². The van der Waals surface area contributed by atoms with E-state index in [2.05, 4.69) is 27.6 Å². The fourth-order valence-electron chi connectivity index (χ4n) is 2.60. The van der Waals surface area contributed by atoms with E-state index in [0.717, 1.165) is 12.8 Å². The molecule has 2 aromatic heterocycles. The zero-order chi connectivity index (χ0) is 19.2. The van der Waals surface area contributed by atoms with Gasteiger partial charge in [-0.3, -0.25) is 4.79 Å². The second kappa shape index (κ2) is 8.77. The summed E-state index contributed by atoms with van der Waals surface area (Å²) in [6.07, 6.45) is 3.35. The van der Waals surface area contributed by atoms with Gasteiger partial charge in [0.15, 0.2) is 5.76 Å². The summed E-state index contributed by atoms with van der Waals surface area (Å²) in [6.45, 7) is 3.84. The number of hydrogen-bond donors (Lipinski definition) is 2. The van der Waals surface area contributed by atoms with Crippen molar-refractivity contribution in [3.05, 3.63) is 54.3 Å². The van der Waals surface area contributed by atoms with Crippen LogP contribution >= 0.6 is 11.8 Å². The molecule has 0 saturated heterocycles. The molecule has 3 N–H and O–H groups in total. The van der Waals surface area contributed by atoms with Crippen LogP contribution in [0.4, 0.5) is 0 Å². The van der Waals surface area contributed by atoms with E-state index in [4.69, 9.17) is 10.3 Å². The number of carbonyl (C=O) groups is 1. The summed E-state index contributed by atoms with van der Waals surface area (Å²) in [5, 5.41) is 11.3. The average molecular weight is 385 g/mol. The van der Waals surface area contributed by atoms with Gasteiger partial charge in [-0.2, -0.15) is 0 Å². The van der Waals surface area contributed by atoms with Crippen molar-refractivity contribution in [3.8, 4) is 11.6 Å². The largest absolute Gasteiger partial charge is 0.461 e. The highest BCUT2D eigenvalue weighted by molar-refractivity contribution is 8.00. The van der Waals surface area contributed by atoms with E-state index >= 15 is 0 Å². The maximum atomic E-state index is 12.5. The van der Waals surface area contributed by atoms with Crippen molar-refractivity contribution in [2.24, 2.45) is 0 Å². The molecule has 0 aliphatic rings. The lowest BCUT2D eigenvalue weighted by molar-refractivity contribution is -0.120. The zero-order valence-electron chi connectivity index (χ0n) is 15.3. The van der Waals surface area contributed by atoms with Gasteiger partial charge in [-0.15, -0.1) is 10.2 Å². The number of hydrogen-bond acceptors (Lipinski definition) is 6. The van der Waals surface area contributed by atoms with Crippen molar-refractivity contribution in [3.63, 3.8) is 0 Å². The van der Waals surface area contributed by atoms with Gasteiger partial charge in [0.05, 0.1) is 11.5 Å². The molecule has 2 heterocycles. The predicted molar refractivity (Wildman–Crippen MR) is 106 cm³/mol. The SMILES string of the molecule is C[C@H](CCc1ccccc1)NC(=O)[C@@H](C)Sc1nnc(-c2ccco2)n1N. The molecule has 0 aliphatic heterocycles. The second-order valence-electron chi connectivity index (χ2n) is 6.35. The molecule has 0 bridgehead atoms. The van der Waals surface area contributed by atoms with Gasteiger partial charge in [0.25, 0.3) is 0 Å². The highest BCUT2D eigenvalue weighted by Gasteiger charge is 2.21. The van der Waals surface area contributed by atoms with Gasteiger partial charge in [0.2, 0.25) is 16.9 Å². The number of thioether (sulfide) groups is 1. The Labute approximate surface area is 162 Å². The van der Waals surface area contributed by atoms with E-state index in [1.54, 1.807) is 18.4 Å². The topological polar surface area (TPSA) is 99.0 Å². The molecular weight excluding hydrogens is 362 g/mol. The van der Waals surface area contributed by atoms with Gasteiger partial charge in [-0.1, -0.05) is 42.1 Å². The van der Waals surface area contributed by atoms with Crippen molar-refractivity contribution in [1.82, 2.24) is 20.2 Å². The lowest BCUT2D eigenvalue weighted by atomic mass is 10.1. The van der Waals surface area contributed by atoms with Crippen molar-refractivity contribution in [2.45, 2.75) is 43.1 Å². The first kappa shape index (κ1) is 19.0. The number of nitrogens with two attached hydrogens (primary N) is 1. The average Bonchev–Trinajstić information content (AvgIpc) is 3.31. The van der Waals surface area contributed by atoms with Crippen LogP contribution in [-0.4, -0.2) is 32.1 Å². The molecule has 0 radical (unpaired) electrons. The molecule has 27 heavy (non-hydrogen) atoms. The molecule has 2 atom stereocenters. The number of furan rings is 1. The van der Waals surface area contributed by atoms with Crippen LogP contribution in [0.1, 0.15) is 25.8 Å². The first-order valence-corrected chi connectivity index (χ1v) is 9.68. The minimum atomic E-state index is -0.347. The molecule has 0 fully saturated rings. The van der Waals surface area contributed by atoms with E-state index in [0.29, 0.717) is 16.7 Å². The van der Waals surface area contributed by atoms with Crippen molar-refractivity contribution in [1.29, 1.82) is 0 Å². The molecule has 0 saturated carbocycles. The van der Waals surface area contributed by atoms with Gasteiger partial charge in [-0.05, 0) is 44.4 Å². The quantitative estimate of drug-likeness (QED) is 0.457. The Morgan fingerprint density at radius 1 is 1.22 bits per heavy atom. The second-order valence-corrected chi connectivity index (χ2v) is 7.66.